The summed E-state index contributed by atoms with van der Waals surface area (Å²) in [6, 6.07) is 0. The molecule has 1 atom stereocenters. The van der Waals surface area contributed by atoms with Gasteiger partial charge in [0, 0.05) is 12.8 Å². The average molecular weight is 776 g/mol. The summed E-state index contributed by atoms with van der Waals surface area (Å²) in [7, 11) is -8.34. The van der Waals surface area contributed by atoms with Crippen LogP contribution < -0.4 is 0 Å². The molecule has 306 valence electrons. The number of ether oxygens (including phenoxy) is 2. The van der Waals surface area contributed by atoms with Crippen molar-refractivity contribution in [1.82, 2.24) is 3.71 Å². The molecule has 0 rings (SSSR count). The lowest BCUT2D eigenvalue weighted by atomic mass is 10.1. The number of hydrogen-bond donors (Lipinski definition) is 0. The number of hydrogen-bond acceptors (Lipinski definition) is 8. The molecule has 0 amide bonds. The Balaban J connectivity index is 4.41. The SMILES string of the molecule is CCCCCCCCC=CCCCCCCCC(=O)OCC(CN(S(C)(=O)=O)S(C)(=O)=O)OC(=O)CCCCCCCC=CCCCCCCCC. The predicted octanol–water partition coefficient (Wildman–Crippen LogP) is 10.7. The molecule has 0 bridgehead atoms. The van der Waals surface area contributed by atoms with E-state index >= 15 is 0 Å². The normalized spacial score (nSPS) is 13.0. The third kappa shape index (κ3) is 32.9. The Morgan fingerprint density at radius 3 is 1.19 bits per heavy atom. The Kier molecular flexibility index (Phi) is 32.7. The highest BCUT2D eigenvalue weighted by Crippen LogP contribution is 2.15. The van der Waals surface area contributed by atoms with Crippen molar-refractivity contribution < 1.29 is 35.9 Å². The van der Waals surface area contributed by atoms with Gasteiger partial charge < -0.3 is 9.47 Å². The van der Waals surface area contributed by atoms with Crippen LogP contribution in [0.25, 0.3) is 0 Å². The molecule has 0 aromatic carbocycles. The first kappa shape index (κ1) is 50.3. The van der Waals surface area contributed by atoms with Crippen LogP contribution in [0.4, 0.5) is 0 Å². The van der Waals surface area contributed by atoms with Gasteiger partial charge in [0.25, 0.3) is 0 Å². The lowest BCUT2D eigenvalue weighted by molar-refractivity contribution is -0.159. The second-order valence-electron chi connectivity index (χ2n) is 14.4. The van der Waals surface area contributed by atoms with Crippen LogP contribution in [0.5, 0.6) is 0 Å². The monoisotopic (exact) mass is 776 g/mol. The summed E-state index contributed by atoms with van der Waals surface area (Å²) >= 11 is 0. The van der Waals surface area contributed by atoms with E-state index in [-0.39, 0.29) is 16.6 Å². The molecule has 0 aliphatic heterocycles. The van der Waals surface area contributed by atoms with E-state index < -0.39 is 51.2 Å². The van der Waals surface area contributed by atoms with Gasteiger partial charge in [-0.1, -0.05) is 145 Å². The summed E-state index contributed by atoms with van der Waals surface area (Å²) in [5.74, 6) is -1.06. The van der Waals surface area contributed by atoms with Gasteiger partial charge >= 0.3 is 11.9 Å². The minimum atomic E-state index is -4.17. The fourth-order valence-corrected chi connectivity index (χ4v) is 8.83. The zero-order valence-electron chi connectivity index (χ0n) is 33.6. The van der Waals surface area contributed by atoms with E-state index in [1.807, 2.05) is 0 Å². The van der Waals surface area contributed by atoms with Crippen molar-refractivity contribution >= 4 is 32.0 Å². The molecule has 0 heterocycles. The largest absolute Gasteiger partial charge is 0.462 e. The summed E-state index contributed by atoms with van der Waals surface area (Å²) in [6.07, 6.45) is 39.4. The molecule has 0 aliphatic carbocycles. The molecule has 11 heteroatoms. The third-order valence-electron chi connectivity index (χ3n) is 9.11. The van der Waals surface area contributed by atoms with E-state index in [2.05, 4.69) is 38.2 Å². The maximum Gasteiger partial charge on any atom is 0.306 e. The van der Waals surface area contributed by atoms with Crippen molar-refractivity contribution in [1.29, 1.82) is 0 Å². The van der Waals surface area contributed by atoms with Gasteiger partial charge in [0.2, 0.25) is 20.0 Å². The van der Waals surface area contributed by atoms with Crippen LogP contribution in [0.3, 0.4) is 0 Å². The van der Waals surface area contributed by atoms with Crippen LogP contribution in [-0.2, 0) is 39.1 Å². The fraction of sp³-hybridized carbons (Fsp3) is 0.854. The first-order chi connectivity index (χ1) is 24.9. The highest BCUT2D eigenvalue weighted by atomic mass is 32.3. The Bertz CT molecular complexity index is 1120. The van der Waals surface area contributed by atoms with E-state index in [1.165, 1.54) is 77.0 Å². The number of carbonyl (C=O) groups excluding carboxylic acids is 2. The minimum Gasteiger partial charge on any atom is -0.462 e. The zero-order chi connectivity index (χ0) is 38.8. The zero-order valence-corrected chi connectivity index (χ0v) is 35.3. The molecule has 0 aliphatic rings. The van der Waals surface area contributed by atoms with Crippen molar-refractivity contribution in [2.24, 2.45) is 0 Å². The number of esters is 2. The quantitative estimate of drug-likeness (QED) is 0.0347. The molecule has 0 saturated heterocycles. The van der Waals surface area contributed by atoms with Crippen LogP contribution in [0, 0.1) is 0 Å². The van der Waals surface area contributed by atoms with Crippen LogP contribution in [0.1, 0.15) is 194 Å². The highest BCUT2D eigenvalue weighted by Gasteiger charge is 2.32. The van der Waals surface area contributed by atoms with Gasteiger partial charge in [-0.2, -0.15) is 0 Å². The van der Waals surface area contributed by atoms with Crippen molar-refractivity contribution in [2.75, 3.05) is 25.7 Å². The summed E-state index contributed by atoms with van der Waals surface area (Å²) in [6.45, 7) is 3.42. The number of carbonyl (C=O) groups is 2. The van der Waals surface area contributed by atoms with Crippen LogP contribution in [-0.4, -0.2) is 64.3 Å². The lowest BCUT2D eigenvalue weighted by Crippen LogP contribution is -2.43. The smallest absolute Gasteiger partial charge is 0.306 e. The molecule has 1 unspecified atom stereocenters. The summed E-state index contributed by atoms with van der Waals surface area (Å²) in [4.78, 5) is 25.1. The average Bonchev–Trinajstić information content (AvgIpc) is 3.08. The Morgan fingerprint density at radius 2 is 0.827 bits per heavy atom. The van der Waals surface area contributed by atoms with Crippen LogP contribution in [0.15, 0.2) is 24.3 Å². The minimum absolute atomic E-state index is 0.120. The van der Waals surface area contributed by atoms with Crippen molar-refractivity contribution in [3.05, 3.63) is 24.3 Å². The van der Waals surface area contributed by atoms with Gasteiger partial charge in [0.1, 0.15) is 6.61 Å². The number of sulfonamides is 2. The molecular formula is C41H77NO8S2. The Labute approximate surface area is 320 Å². The Morgan fingerprint density at radius 1 is 0.500 bits per heavy atom. The van der Waals surface area contributed by atoms with E-state index in [4.69, 9.17) is 9.47 Å². The van der Waals surface area contributed by atoms with Crippen LogP contribution >= 0.6 is 0 Å². The standard InChI is InChI=1S/C41H77NO8S2/c1-5-7-9-11-13-15-17-19-21-23-25-27-29-31-33-35-40(43)49-38-39(37-42(51(3,45)46)52(4,47)48)50-41(44)36-34-32-30-28-26-24-22-20-18-16-14-12-10-8-6-2/h19-22,39H,5-18,23-38H2,1-4H3. The first-order valence-corrected chi connectivity index (χ1v) is 24.4. The van der Waals surface area contributed by atoms with Crippen molar-refractivity contribution in [3.63, 3.8) is 0 Å². The lowest BCUT2D eigenvalue weighted by Gasteiger charge is -2.24. The molecule has 0 aromatic heterocycles. The Hall–Kier alpha value is -1.72. The van der Waals surface area contributed by atoms with Gasteiger partial charge in [-0.15, -0.1) is 0 Å². The van der Waals surface area contributed by atoms with Crippen molar-refractivity contribution in [2.45, 2.75) is 200 Å². The second-order valence-corrected chi connectivity index (χ2v) is 18.5. The number of rotatable bonds is 37. The van der Waals surface area contributed by atoms with E-state index in [0.717, 1.165) is 89.6 Å². The van der Waals surface area contributed by atoms with Gasteiger partial charge in [-0.25, -0.2) is 16.8 Å². The molecule has 0 spiro atoms. The molecule has 0 saturated carbocycles. The molecular weight excluding hydrogens is 699 g/mol. The molecule has 0 aromatic rings. The van der Waals surface area contributed by atoms with Gasteiger partial charge in [-0.3, -0.25) is 9.59 Å². The molecule has 0 N–H and O–H groups in total. The number of nitrogens with zero attached hydrogens (tertiary/aromatic N) is 1. The molecule has 9 nitrogen and oxygen atoms in total. The fourth-order valence-electron chi connectivity index (χ4n) is 5.99. The van der Waals surface area contributed by atoms with Gasteiger partial charge in [-0.05, 0) is 64.2 Å². The molecule has 0 radical (unpaired) electrons. The van der Waals surface area contributed by atoms with Crippen molar-refractivity contribution in [3.8, 4) is 0 Å². The molecule has 52 heavy (non-hydrogen) atoms. The second kappa shape index (κ2) is 33.8. The number of unbranched alkanes of at least 4 members (excludes halogenated alkanes) is 22. The number of allylic oxidation sites excluding steroid dienone is 4. The maximum atomic E-state index is 12.6. The summed E-state index contributed by atoms with van der Waals surface area (Å²) < 4.78 is 60.0. The van der Waals surface area contributed by atoms with E-state index in [1.54, 1.807) is 0 Å². The maximum absolute atomic E-state index is 12.6. The van der Waals surface area contributed by atoms with E-state index in [9.17, 15) is 26.4 Å². The van der Waals surface area contributed by atoms with Crippen LogP contribution in [0.2, 0.25) is 0 Å². The summed E-state index contributed by atoms with van der Waals surface area (Å²) in [5.41, 5.74) is 0. The highest BCUT2D eigenvalue weighted by molar-refractivity contribution is 8.03. The van der Waals surface area contributed by atoms with E-state index in [0.29, 0.717) is 12.8 Å². The summed E-state index contributed by atoms with van der Waals surface area (Å²) in [5, 5.41) is 0. The topological polar surface area (TPSA) is 124 Å². The van der Waals surface area contributed by atoms with Gasteiger partial charge in [0.15, 0.2) is 6.10 Å². The first-order valence-electron chi connectivity index (χ1n) is 20.7. The van der Waals surface area contributed by atoms with Gasteiger partial charge in [0.05, 0.1) is 19.1 Å². The molecule has 0 fully saturated rings. The third-order valence-corrected chi connectivity index (χ3v) is 12.5. The predicted molar refractivity (Wildman–Crippen MR) is 216 cm³/mol.